The number of pyridine rings is 1. The molecule has 2 aromatic heterocycles. The van der Waals surface area contributed by atoms with E-state index in [1.54, 1.807) is 4.52 Å². The largest absolute Gasteiger partial charge is 0.485 e. The van der Waals surface area contributed by atoms with E-state index >= 15 is 0 Å². The van der Waals surface area contributed by atoms with Gasteiger partial charge in [0.25, 0.3) is 0 Å². The fourth-order valence-corrected chi connectivity index (χ4v) is 3.97. The van der Waals surface area contributed by atoms with Gasteiger partial charge < -0.3 is 9.64 Å². The summed E-state index contributed by atoms with van der Waals surface area (Å²) in [6.45, 7) is 1.59. The molecule has 7 heteroatoms. The van der Waals surface area contributed by atoms with Crippen LogP contribution in [0.1, 0.15) is 23.7 Å². The van der Waals surface area contributed by atoms with Gasteiger partial charge in [-0.3, -0.25) is 0 Å². The average molecular weight is 406 g/mol. The minimum Gasteiger partial charge on any atom is -0.485 e. The molecule has 0 bridgehead atoms. The predicted molar refractivity (Wildman–Crippen MR) is 109 cm³/mol. The maximum Gasteiger partial charge on any atom is 0.155 e. The first-order valence-electron chi connectivity index (χ1n) is 9.79. The molecule has 1 unspecified atom stereocenters. The van der Waals surface area contributed by atoms with E-state index in [1.807, 2.05) is 24.4 Å². The normalized spacial score (nSPS) is 17.0. The van der Waals surface area contributed by atoms with Crippen LogP contribution in [0.5, 0.6) is 5.75 Å². The van der Waals surface area contributed by atoms with Crippen molar-refractivity contribution < 1.29 is 13.5 Å². The number of benzene rings is 2. The van der Waals surface area contributed by atoms with E-state index in [0.717, 1.165) is 53.5 Å². The second-order valence-electron chi connectivity index (χ2n) is 7.63. The monoisotopic (exact) mass is 406 g/mol. The van der Waals surface area contributed by atoms with Crippen molar-refractivity contribution in [2.75, 3.05) is 13.6 Å². The van der Waals surface area contributed by atoms with Crippen LogP contribution < -0.4 is 4.74 Å². The Morgan fingerprint density at radius 2 is 1.80 bits per heavy atom. The van der Waals surface area contributed by atoms with Gasteiger partial charge in [0.15, 0.2) is 5.65 Å². The van der Waals surface area contributed by atoms with Crippen molar-refractivity contribution in [3.05, 3.63) is 83.8 Å². The predicted octanol–water partition coefficient (Wildman–Crippen LogP) is 4.63. The van der Waals surface area contributed by atoms with Crippen LogP contribution in [0.4, 0.5) is 8.78 Å². The lowest BCUT2D eigenvalue weighted by Crippen LogP contribution is -2.18. The van der Waals surface area contributed by atoms with Crippen molar-refractivity contribution in [2.24, 2.45) is 0 Å². The van der Waals surface area contributed by atoms with E-state index in [1.165, 1.54) is 18.5 Å². The van der Waals surface area contributed by atoms with Crippen molar-refractivity contribution in [2.45, 2.75) is 19.1 Å². The van der Waals surface area contributed by atoms with Crippen molar-refractivity contribution >= 4 is 5.65 Å². The number of nitrogens with zero attached hydrogens (tertiary/aromatic N) is 4. The summed E-state index contributed by atoms with van der Waals surface area (Å²) < 4.78 is 35.0. The van der Waals surface area contributed by atoms with E-state index in [4.69, 9.17) is 4.74 Å². The van der Waals surface area contributed by atoms with Crippen LogP contribution in [-0.4, -0.2) is 33.1 Å². The molecule has 0 saturated heterocycles. The topological polar surface area (TPSA) is 42.7 Å². The van der Waals surface area contributed by atoms with Gasteiger partial charge in [0.2, 0.25) is 0 Å². The maximum atomic E-state index is 13.6. The average Bonchev–Trinajstić information content (AvgIpc) is 3.12. The first-order valence-corrected chi connectivity index (χ1v) is 9.79. The van der Waals surface area contributed by atoms with E-state index in [9.17, 15) is 8.78 Å². The Bertz CT molecular complexity index is 1200. The molecule has 0 radical (unpaired) electrons. The van der Waals surface area contributed by atoms with Gasteiger partial charge in [-0.25, -0.2) is 18.3 Å². The van der Waals surface area contributed by atoms with Gasteiger partial charge in [0.05, 0.1) is 0 Å². The van der Waals surface area contributed by atoms with E-state index in [0.29, 0.717) is 0 Å². The Morgan fingerprint density at radius 1 is 1.00 bits per heavy atom. The Balaban J connectivity index is 1.51. The fourth-order valence-electron chi connectivity index (χ4n) is 3.97. The third-order valence-electron chi connectivity index (χ3n) is 5.42. The van der Waals surface area contributed by atoms with Crippen LogP contribution >= 0.6 is 0 Å². The number of hydrogen-bond acceptors (Lipinski definition) is 4. The Morgan fingerprint density at radius 3 is 2.63 bits per heavy atom. The quantitative estimate of drug-likeness (QED) is 0.498. The second kappa shape index (κ2) is 7.50. The van der Waals surface area contributed by atoms with Crippen molar-refractivity contribution in [1.29, 1.82) is 0 Å². The third kappa shape index (κ3) is 3.64. The Labute approximate surface area is 172 Å². The van der Waals surface area contributed by atoms with Gasteiger partial charge in [-0.1, -0.05) is 12.1 Å². The number of ether oxygens (including phenoxy) is 1. The zero-order valence-electron chi connectivity index (χ0n) is 16.4. The standard InChI is InChI=1S/C23H20F2N4O/c1-28-7-6-22(30-20-10-18(24)9-19(25)11-20)21-4-2-15(8-17(21)12-28)16-3-5-23-26-14-27-29(23)13-16/h2-5,8-11,13-14,22H,6-7,12H2,1H3. The van der Waals surface area contributed by atoms with Crippen LogP contribution in [-0.2, 0) is 6.54 Å². The van der Waals surface area contributed by atoms with Gasteiger partial charge in [0.1, 0.15) is 29.8 Å². The summed E-state index contributed by atoms with van der Waals surface area (Å²) in [4.78, 5) is 6.40. The number of aromatic nitrogens is 3. The molecule has 30 heavy (non-hydrogen) atoms. The SMILES string of the molecule is CN1CCC(Oc2cc(F)cc(F)c2)c2ccc(-c3ccc4ncnn4c3)cc2C1. The lowest BCUT2D eigenvalue weighted by molar-refractivity contribution is 0.181. The molecule has 0 aliphatic carbocycles. The summed E-state index contributed by atoms with van der Waals surface area (Å²) in [6.07, 6.45) is 3.93. The minimum absolute atomic E-state index is 0.203. The molecule has 0 saturated carbocycles. The molecule has 5 rings (SSSR count). The molecule has 1 atom stereocenters. The summed E-state index contributed by atoms with van der Waals surface area (Å²) in [7, 11) is 2.06. The van der Waals surface area contributed by atoms with Crippen molar-refractivity contribution in [3.63, 3.8) is 0 Å². The summed E-state index contributed by atoms with van der Waals surface area (Å²) >= 11 is 0. The first-order chi connectivity index (χ1) is 14.5. The summed E-state index contributed by atoms with van der Waals surface area (Å²) in [6, 6.07) is 13.5. The van der Waals surface area contributed by atoms with Gasteiger partial charge in [-0.2, -0.15) is 5.10 Å². The first kappa shape index (κ1) is 18.7. The third-order valence-corrected chi connectivity index (χ3v) is 5.42. The summed E-state index contributed by atoms with van der Waals surface area (Å²) in [5.74, 6) is -1.08. The van der Waals surface area contributed by atoms with Crippen LogP contribution in [0.25, 0.3) is 16.8 Å². The second-order valence-corrected chi connectivity index (χ2v) is 7.63. The van der Waals surface area contributed by atoms with Crippen LogP contribution in [0.2, 0.25) is 0 Å². The van der Waals surface area contributed by atoms with E-state index in [2.05, 4.69) is 34.2 Å². The molecule has 4 aromatic rings. The van der Waals surface area contributed by atoms with Gasteiger partial charge in [0, 0.05) is 49.5 Å². The number of rotatable bonds is 3. The zero-order valence-corrected chi connectivity index (χ0v) is 16.4. The highest BCUT2D eigenvalue weighted by molar-refractivity contribution is 5.66. The van der Waals surface area contributed by atoms with Gasteiger partial charge >= 0.3 is 0 Å². The zero-order chi connectivity index (χ0) is 20.7. The van der Waals surface area contributed by atoms with Crippen LogP contribution in [0.15, 0.2) is 61.1 Å². The van der Waals surface area contributed by atoms with Crippen LogP contribution in [0, 0.1) is 11.6 Å². The van der Waals surface area contributed by atoms with Crippen LogP contribution in [0.3, 0.4) is 0 Å². The molecule has 0 N–H and O–H groups in total. The molecule has 0 spiro atoms. The fraction of sp³-hybridized carbons (Fsp3) is 0.217. The highest BCUT2D eigenvalue weighted by atomic mass is 19.1. The molecule has 0 fully saturated rings. The minimum atomic E-state index is -0.644. The Hall–Kier alpha value is -3.32. The van der Waals surface area contributed by atoms with Crippen molar-refractivity contribution in [1.82, 2.24) is 19.5 Å². The number of fused-ring (bicyclic) bond motifs is 2. The van der Waals surface area contributed by atoms with Gasteiger partial charge in [-0.05, 0) is 41.9 Å². The molecular formula is C23H20F2N4O. The molecule has 152 valence electrons. The molecule has 3 heterocycles. The smallest absolute Gasteiger partial charge is 0.155 e. The molecule has 5 nitrogen and oxygen atoms in total. The number of hydrogen-bond donors (Lipinski definition) is 0. The molecule has 2 aromatic carbocycles. The Kier molecular flexibility index (Phi) is 4.67. The summed E-state index contributed by atoms with van der Waals surface area (Å²) in [5, 5.41) is 4.21. The lowest BCUT2D eigenvalue weighted by Gasteiger charge is -2.20. The number of halogens is 2. The molecular weight excluding hydrogens is 386 g/mol. The van der Waals surface area contributed by atoms with Crippen molar-refractivity contribution in [3.8, 4) is 16.9 Å². The van der Waals surface area contributed by atoms with Gasteiger partial charge in [-0.15, -0.1) is 0 Å². The van der Waals surface area contributed by atoms with E-state index in [-0.39, 0.29) is 11.9 Å². The highest BCUT2D eigenvalue weighted by Crippen LogP contribution is 2.34. The molecule has 1 aliphatic heterocycles. The van der Waals surface area contributed by atoms with E-state index < -0.39 is 11.6 Å². The molecule has 1 aliphatic rings. The maximum absolute atomic E-state index is 13.6. The summed E-state index contributed by atoms with van der Waals surface area (Å²) in [5.41, 5.74) is 5.07. The molecule has 0 amide bonds. The highest BCUT2D eigenvalue weighted by Gasteiger charge is 2.23. The lowest BCUT2D eigenvalue weighted by atomic mass is 9.96.